The molecule has 2 unspecified atom stereocenters. The first kappa shape index (κ1) is 12.4. The molecule has 1 saturated heterocycles. The number of halogens is 1. The van der Waals surface area contributed by atoms with Crippen molar-refractivity contribution in [3.8, 4) is 0 Å². The number of carbonyl (C=O) groups is 1. The van der Waals surface area contributed by atoms with E-state index in [9.17, 15) is 9.90 Å². The molecular weight excluding hydrogens is 238 g/mol. The quantitative estimate of drug-likeness (QED) is 0.870. The van der Waals surface area contributed by atoms with Gasteiger partial charge in [0, 0.05) is 5.02 Å². The van der Waals surface area contributed by atoms with Gasteiger partial charge in [-0.25, -0.2) is 0 Å². The van der Waals surface area contributed by atoms with Crippen LogP contribution in [0, 0.1) is 5.92 Å². The second-order valence-corrected chi connectivity index (χ2v) is 4.85. The zero-order valence-corrected chi connectivity index (χ0v) is 10.3. The SMILES string of the molecule is O=C(O)C(c1ccccc1Cl)C1CCCNC1. The predicted octanol–water partition coefficient (Wildman–Crippen LogP) is 2.51. The Balaban J connectivity index is 2.28. The summed E-state index contributed by atoms with van der Waals surface area (Å²) in [5.74, 6) is -1.16. The zero-order valence-electron chi connectivity index (χ0n) is 9.53. The fraction of sp³-hybridized carbons (Fsp3) is 0.462. The summed E-state index contributed by atoms with van der Waals surface area (Å²) in [6.07, 6.45) is 1.97. The lowest BCUT2D eigenvalue weighted by molar-refractivity contribution is -0.140. The highest BCUT2D eigenvalue weighted by Crippen LogP contribution is 2.33. The molecule has 1 fully saturated rings. The van der Waals surface area contributed by atoms with E-state index in [2.05, 4.69) is 5.32 Å². The standard InChI is InChI=1S/C13H16ClNO2/c14-11-6-2-1-5-10(11)12(13(16)17)9-4-3-7-15-8-9/h1-2,5-6,9,12,15H,3-4,7-8H2,(H,16,17). The van der Waals surface area contributed by atoms with Crippen molar-refractivity contribution in [2.24, 2.45) is 5.92 Å². The molecule has 2 atom stereocenters. The van der Waals surface area contributed by atoms with Crippen molar-refractivity contribution >= 4 is 17.6 Å². The molecule has 4 heteroatoms. The van der Waals surface area contributed by atoms with E-state index in [4.69, 9.17) is 11.6 Å². The molecule has 17 heavy (non-hydrogen) atoms. The molecule has 0 aliphatic carbocycles. The number of carboxylic acid groups (broad SMARTS) is 1. The number of aliphatic carboxylic acids is 1. The lowest BCUT2D eigenvalue weighted by Crippen LogP contribution is -2.36. The van der Waals surface area contributed by atoms with Gasteiger partial charge in [-0.05, 0) is 43.5 Å². The highest BCUT2D eigenvalue weighted by Gasteiger charge is 2.31. The minimum absolute atomic E-state index is 0.126. The molecule has 0 radical (unpaired) electrons. The van der Waals surface area contributed by atoms with Crippen molar-refractivity contribution < 1.29 is 9.90 Å². The van der Waals surface area contributed by atoms with E-state index >= 15 is 0 Å². The van der Waals surface area contributed by atoms with Crippen LogP contribution in [-0.2, 0) is 4.79 Å². The lowest BCUT2D eigenvalue weighted by Gasteiger charge is -2.28. The third-order valence-corrected chi connectivity index (χ3v) is 3.66. The first-order chi connectivity index (χ1) is 8.20. The Bertz CT molecular complexity index is 402. The van der Waals surface area contributed by atoms with Crippen LogP contribution >= 0.6 is 11.6 Å². The Hall–Kier alpha value is -1.06. The summed E-state index contributed by atoms with van der Waals surface area (Å²) < 4.78 is 0. The molecule has 0 aromatic heterocycles. The number of benzene rings is 1. The van der Waals surface area contributed by atoms with E-state index in [-0.39, 0.29) is 5.92 Å². The summed E-state index contributed by atoms with van der Waals surface area (Å²) in [7, 11) is 0. The molecule has 92 valence electrons. The number of hydrogen-bond donors (Lipinski definition) is 2. The molecule has 1 aromatic rings. The first-order valence-corrected chi connectivity index (χ1v) is 6.26. The van der Waals surface area contributed by atoms with E-state index < -0.39 is 11.9 Å². The fourth-order valence-electron chi connectivity index (χ4n) is 2.48. The molecule has 0 amide bonds. The zero-order chi connectivity index (χ0) is 12.3. The lowest BCUT2D eigenvalue weighted by atomic mass is 9.81. The van der Waals surface area contributed by atoms with Gasteiger partial charge in [0.05, 0.1) is 5.92 Å². The summed E-state index contributed by atoms with van der Waals surface area (Å²) in [6.45, 7) is 1.73. The Kier molecular flexibility index (Phi) is 4.02. The number of hydrogen-bond acceptors (Lipinski definition) is 2. The van der Waals surface area contributed by atoms with Gasteiger partial charge >= 0.3 is 5.97 Å². The van der Waals surface area contributed by atoms with E-state index in [0.717, 1.165) is 31.5 Å². The molecule has 0 saturated carbocycles. The van der Waals surface area contributed by atoms with Crippen LogP contribution in [-0.4, -0.2) is 24.2 Å². The Morgan fingerprint density at radius 2 is 2.24 bits per heavy atom. The van der Waals surface area contributed by atoms with Crippen LogP contribution in [0.5, 0.6) is 0 Å². The largest absolute Gasteiger partial charge is 0.481 e. The van der Waals surface area contributed by atoms with Gasteiger partial charge in [0.1, 0.15) is 0 Å². The minimum atomic E-state index is -0.785. The van der Waals surface area contributed by atoms with Crippen molar-refractivity contribution in [1.82, 2.24) is 5.32 Å². The van der Waals surface area contributed by atoms with Gasteiger partial charge in [-0.3, -0.25) is 4.79 Å². The third kappa shape index (κ3) is 2.79. The molecule has 0 spiro atoms. The predicted molar refractivity (Wildman–Crippen MR) is 67.4 cm³/mol. The van der Waals surface area contributed by atoms with Crippen LogP contribution in [0.2, 0.25) is 5.02 Å². The van der Waals surface area contributed by atoms with Crippen molar-refractivity contribution in [3.05, 3.63) is 34.9 Å². The molecule has 2 rings (SSSR count). The molecule has 1 heterocycles. The molecule has 3 nitrogen and oxygen atoms in total. The van der Waals surface area contributed by atoms with Gasteiger partial charge < -0.3 is 10.4 Å². The summed E-state index contributed by atoms with van der Waals surface area (Å²) >= 11 is 6.10. The highest BCUT2D eigenvalue weighted by molar-refractivity contribution is 6.31. The van der Waals surface area contributed by atoms with Gasteiger partial charge in [0.15, 0.2) is 0 Å². The Labute approximate surface area is 106 Å². The van der Waals surface area contributed by atoms with Gasteiger partial charge in [-0.1, -0.05) is 29.8 Å². The van der Waals surface area contributed by atoms with Crippen molar-refractivity contribution in [2.75, 3.05) is 13.1 Å². The summed E-state index contributed by atoms with van der Waals surface area (Å²) in [5, 5.41) is 13.2. The van der Waals surface area contributed by atoms with E-state index in [1.165, 1.54) is 0 Å². The number of carboxylic acids is 1. The highest BCUT2D eigenvalue weighted by atomic mass is 35.5. The molecular formula is C13H16ClNO2. The van der Waals surface area contributed by atoms with E-state index in [0.29, 0.717) is 5.02 Å². The van der Waals surface area contributed by atoms with Crippen LogP contribution in [0.4, 0.5) is 0 Å². The van der Waals surface area contributed by atoms with Crippen molar-refractivity contribution in [3.63, 3.8) is 0 Å². The summed E-state index contributed by atoms with van der Waals surface area (Å²) in [4.78, 5) is 11.5. The molecule has 0 bridgehead atoms. The number of piperidine rings is 1. The Morgan fingerprint density at radius 3 is 2.82 bits per heavy atom. The number of nitrogens with one attached hydrogen (secondary N) is 1. The van der Waals surface area contributed by atoms with Gasteiger partial charge in [0.25, 0.3) is 0 Å². The van der Waals surface area contributed by atoms with Crippen LogP contribution in [0.15, 0.2) is 24.3 Å². The van der Waals surface area contributed by atoms with Crippen LogP contribution < -0.4 is 5.32 Å². The van der Waals surface area contributed by atoms with Gasteiger partial charge in [-0.2, -0.15) is 0 Å². The molecule has 2 N–H and O–H groups in total. The monoisotopic (exact) mass is 253 g/mol. The number of rotatable bonds is 3. The van der Waals surface area contributed by atoms with Gasteiger partial charge in [0.2, 0.25) is 0 Å². The van der Waals surface area contributed by atoms with Crippen molar-refractivity contribution in [1.29, 1.82) is 0 Å². The second-order valence-electron chi connectivity index (χ2n) is 4.44. The van der Waals surface area contributed by atoms with Crippen LogP contribution in [0.25, 0.3) is 0 Å². The maximum Gasteiger partial charge on any atom is 0.311 e. The maximum absolute atomic E-state index is 11.5. The summed E-state index contributed by atoms with van der Waals surface area (Å²) in [5.41, 5.74) is 0.732. The minimum Gasteiger partial charge on any atom is -0.481 e. The van der Waals surface area contributed by atoms with E-state index in [1.807, 2.05) is 18.2 Å². The van der Waals surface area contributed by atoms with E-state index in [1.54, 1.807) is 6.07 Å². The fourth-order valence-corrected chi connectivity index (χ4v) is 2.73. The van der Waals surface area contributed by atoms with Crippen LogP contribution in [0.1, 0.15) is 24.3 Å². The Morgan fingerprint density at radius 1 is 1.47 bits per heavy atom. The smallest absolute Gasteiger partial charge is 0.311 e. The third-order valence-electron chi connectivity index (χ3n) is 3.31. The topological polar surface area (TPSA) is 49.3 Å². The molecule has 1 aromatic carbocycles. The second kappa shape index (κ2) is 5.52. The average molecular weight is 254 g/mol. The van der Waals surface area contributed by atoms with Crippen LogP contribution in [0.3, 0.4) is 0 Å². The van der Waals surface area contributed by atoms with Gasteiger partial charge in [-0.15, -0.1) is 0 Å². The average Bonchev–Trinajstić information content (AvgIpc) is 2.33. The van der Waals surface area contributed by atoms with Crippen molar-refractivity contribution in [2.45, 2.75) is 18.8 Å². The first-order valence-electron chi connectivity index (χ1n) is 5.88. The summed E-state index contributed by atoms with van der Waals surface area (Å²) in [6, 6.07) is 7.23. The maximum atomic E-state index is 11.5. The normalized spacial score (nSPS) is 22.1. The molecule has 1 aliphatic rings. The molecule has 1 aliphatic heterocycles.